The molecule has 0 amide bonds. The Morgan fingerprint density at radius 2 is 2.32 bits per heavy atom. The van der Waals surface area contributed by atoms with Crippen molar-refractivity contribution in [3.05, 3.63) is 40.1 Å². The number of piperidine rings is 1. The molecule has 2 aromatic heterocycles. The highest BCUT2D eigenvalue weighted by Gasteiger charge is 2.22. The van der Waals surface area contributed by atoms with E-state index in [1.165, 1.54) is 34.7 Å². The molecular weight excluding hydrogens is 254 g/mol. The van der Waals surface area contributed by atoms with Crippen molar-refractivity contribution in [2.75, 3.05) is 0 Å². The molecule has 3 nitrogen and oxygen atoms in total. The summed E-state index contributed by atoms with van der Waals surface area (Å²) in [5, 5.41) is 3.69. The average Bonchev–Trinajstić information content (AvgIpc) is 2.99. The summed E-state index contributed by atoms with van der Waals surface area (Å²) in [6, 6.07) is 5.50. The first-order chi connectivity index (χ1) is 9.22. The summed E-state index contributed by atoms with van der Waals surface area (Å²) in [5.74, 6) is 0. The van der Waals surface area contributed by atoms with Crippen LogP contribution in [0.5, 0.6) is 0 Å². The SMILES string of the molecule is Cc1ccc(Cn2cncc2C2CCCC(C)N2)s1. The molecule has 3 heterocycles. The van der Waals surface area contributed by atoms with Gasteiger partial charge in [-0.1, -0.05) is 0 Å². The predicted molar refractivity (Wildman–Crippen MR) is 79.6 cm³/mol. The third-order valence-electron chi connectivity index (χ3n) is 3.84. The van der Waals surface area contributed by atoms with Crippen LogP contribution < -0.4 is 5.32 Å². The number of rotatable bonds is 3. The topological polar surface area (TPSA) is 29.9 Å². The van der Waals surface area contributed by atoms with Crippen LogP contribution in [0.3, 0.4) is 0 Å². The maximum absolute atomic E-state index is 4.35. The van der Waals surface area contributed by atoms with Gasteiger partial charge in [-0.15, -0.1) is 11.3 Å². The highest BCUT2D eigenvalue weighted by molar-refractivity contribution is 7.11. The fraction of sp³-hybridized carbons (Fsp3) is 0.533. The Kier molecular flexibility index (Phi) is 3.71. The fourth-order valence-electron chi connectivity index (χ4n) is 2.86. The second-order valence-electron chi connectivity index (χ2n) is 5.51. The summed E-state index contributed by atoms with van der Waals surface area (Å²) in [6.07, 6.45) is 7.80. The lowest BCUT2D eigenvalue weighted by molar-refractivity contribution is 0.330. The molecule has 4 heteroatoms. The van der Waals surface area contributed by atoms with Gasteiger partial charge in [-0.2, -0.15) is 0 Å². The van der Waals surface area contributed by atoms with Gasteiger partial charge < -0.3 is 9.88 Å². The molecule has 2 unspecified atom stereocenters. The van der Waals surface area contributed by atoms with Crippen molar-refractivity contribution in [3.8, 4) is 0 Å². The molecular formula is C15H21N3S. The van der Waals surface area contributed by atoms with Crippen LogP contribution in [-0.4, -0.2) is 15.6 Å². The van der Waals surface area contributed by atoms with Crippen LogP contribution in [0, 0.1) is 6.92 Å². The minimum absolute atomic E-state index is 0.465. The molecule has 1 fully saturated rings. The smallest absolute Gasteiger partial charge is 0.0952 e. The van der Waals surface area contributed by atoms with Crippen LogP contribution in [0.2, 0.25) is 0 Å². The summed E-state index contributed by atoms with van der Waals surface area (Å²) in [7, 11) is 0. The first kappa shape index (κ1) is 12.9. The zero-order valence-electron chi connectivity index (χ0n) is 11.6. The van der Waals surface area contributed by atoms with Crippen molar-refractivity contribution < 1.29 is 0 Å². The fourth-order valence-corrected chi connectivity index (χ4v) is 3.75. The Labute approximate surface area is 118 Å². The lowest BCUT2D eigenvalue weighted by atomic mass is 9.97. The van der Waals surface area contributed by atoms with Gasteiger partial charge in [0.25, 0.3) is 0 Å². The molecule has 0 aromatic carbocycles. The third-order valence-corrected chi connectivity index (χ3v) is 4.82. The van der Waals surface area contributed by atoms with Gasteiger partial charge in [0.05, 0.1) is 18.6 Å². The number of aryl methyl sites for hydroxylation is 1. The van der Waals surface area contributed by atoms with Gasteiger partial charge >= 0.3 is 0 Å². The lowest BCUT2D eigenvalue weighted by Crippen LogP contribution is -2.35. The van der Waals surface area contributed by atoms with E-state index in [0.29, 0.717) is 12.1 Å². The number of aromatic nitrogens is 2. The van der Waals surface area contributed by atoms with Crippen LogP contribution in [0.15, 0.2) is 24.7 Å². The van der Waals surface area contributed by atoms with Gasteiger partial charge in [0.2, 0.25) is 0 Å². The average molecular weight is 275 g/mol. The maximum Gasteiger partial charge on any atom is 0.0952 e. The van der Waals surface area contributed by atoms with E-state index >= 15 is 0 Å². The minimum atomic E-state index is 0.465. The number of hydrogen-bond acceptors (Lipinski definition) is 3. The summed E-state index contributed by atoms with van der Waals surface area (Å²) in [5.41, 5.74) is 1.33. The molecule has 1 N–H and O–H groups in total. The first-order valence-corrected chi connectivity index (χ1v) is 7.85. The van der Waals surface area contributed by atoms with Crippen molar-refractivity contribution in [2.24, 2.45) is 0 Å². The Bertz CT molecular complexity index is 543. The molecule has 0 aliphatic carbocycles. The second kappa shape index (κ2) is 5.47. The van der Waals surface area contributed by atoms with E-state index in [-0.39, 0.29) is 0 Å². The largest absolute Gasteiger partial charge is 0.328 e. The lowest BCUT2D eigenvalue weighted by Gasteiger charge is -2.29. The quantitative estimate of drug-likeness (QED) is 0.929. The standard InChI is InChI=1S/C15H21N3S/c1-11-4-3-5-14(17-11)15-8-16-10-18(15)9-13-7-6-12(2)19-13/h6-8,10-11,14,17H,3-5,9H2,1-2H3. The molecule has 102 valence electrons. The van der Waals surface area contributed by atoms with Gasteiger partial charge in [0.1, 0.15) is 0 Å². The van der Waals surface area contributed by atoms with E-state index in [9.17, 15) is 0 Å². The van der Waals surface area contributed by atoms with Gasteiger partial charge in [0.15, 0.2) is 0 Å². The summed E-state index contributed by atoms with van der Waals surface area (Å²) >= 11 is 1.87. The van der Waals surface area contributed by atoms with Crippen LogP contribution in [0.1, 0.15) is 47.7 Å². The maximum atomic E-state index is 4.35. The molecule has 0 bridgehead atoms. The molecule has 1 saturated heterocycles. The first-order valence-electron chi connectivity index (χ1n) is 7.04. The predicted octanol–water partition coefficient (Wildman–Crippen LogP) is 3.50. The molecule has 2 aromatic rings. The molecule has 19 heavy (non-hydrogen) atoms. The molecule has 0 spiro atoms. The minimum Gasteiger partial charge on any atom is -0.328 e. The molecule has 3 rings (SSSR count). The number of nitrogens with one attached hydrogen (secondary N) is 1. The Balaban J connectivity index is 1.78. The normalized spacial score (nSPS) is 23.7. The van der Waals surface area contributed by atoms with Crippen molar-refractivity contribution in [2.45, 2.75) is 51.7 Å². The van der Waals surface area contributed by atoms with E-state index in [2.05, 4.69) is 40.8 Å². The van der Waals surface area contributed by atoms with Crippen molar-refractivity contribution in [3.63, 3.8) is 0 Å². The van der Waals surface area contributed by atoms with E-state index < -0.39 is 0 Å². The van der Waals surface area contributed by atoms with Gasteiger partial charge in [-0.05, 0) is 45.2 Å². The van der Waals surface area contributed by atoms with Crippen molar-refractivity contribution in [1.82, 2.24) is 14.9 Å². The Morgan fingerprint density at radius 1 is 1.42 bits per heavy atom. The number of thiophene rings is 1. The monoisotopic (exact) mass is 275 g/mol. The molecule has 1 aliphatic rings. The van der Waals surface area contributed by atoms with Crippen LogP contribution in [0.4, 0.5) is 0 Å². The molecule has 0 radical (unpaired) electrons. The molecule has 2 atom stereocenters. The third kappa shape index (κ3) is 2.90. The number of imidazole rings is 1. The van der Waals surface area contributed by atoms with Crippen LogP contribution in [0.25, 0.3) is 0 Å². The number of nitrogens with zero attached hydrogens (tertiary/aromatic N) is 2. The highest BCUT2D eigenvalue weighted by Crippen LogP contribution is 2.26. The number of hydrogen-bond donors (Lipinski definition) is 1. The Hall–Kier alpha value is -1.13. The zero-order chi connectivity index (χ0) is 13.2. The Morgan fingerprint density at radius 3 is 3.05 bits per heavy atom. The summed E-state index contributed by atoms with van der Waals surface area (Å²) < 4.78 is 2.29. The summed E-state index contributed by atoms with van der Waals surface area (Å²) in [4.78, 5) is 7.13. The van der Waals surface area contributed by atoms with E-state index in [4.69, 9.17) is 0 Å². The summed E-state index contributed by atoms with van der Waals surface area (Å²) in [6.45, 7) is 5.38. The van der Waals surface area contributed by atoms with Crippen molar-refractivity contribution in [1.29, 1.82) is 0 Å². The van der Waals surface area contributed by atoms with Crippen molar-refractivity contribution >= 4 is 11.3 Å². The highest BCUT2D eigenvalue weighted by atomic mass is 32.1. The van der Waals surface area contributed by atoms with E-state index in [1.54, 1.807) is 0 Å². The van der Waals surface area contributed by atoms with Gasteiger partial charge in [-0.3, -0.25) is 0 Å². The van der Waals surface area contributed by atoms with Gasteiger partial charge in [-0.25, -0.2) is 4.98 Å². The molecule has 1 aliphatic heterocycles. The van der Waals surface area contributed by atoms with Crippen LogP contribution in [-0.2, 0) is 6.54 Å². The van der Waals surface area contributed by atoms with E-state index in [0.717, 1.165) is 6.54 Å². The van der Waals surface area contributed by atoms with Gasteiger partial charge in [0, 0.05) is 28.0 Å². The molecule has 0 saturated carbocycles. The van der Waals surface area contributed by atoms with E-state index in [1.807, 2.05) is 23.9 Å². The second-order valence-corrected chi connectivity index (χ2v) is 6.88. The zero-order valence-corrected chi connectivity index (χ0v) is 12.4. The van der Waals surface area contributed by atoms with Crippen LogP contribution >= 0.6 is 11.3 Å².